The molecule has 1 unspecified atom stereocenters. The Kier molecular flexibility index (Phi) is 10.9. The highest BCUT2D eigenvalue weighted by Crippen LogP contribution is 2.17. The van der Waals surface area contributed by atoms with Crippen LogP contribution in [0, 0.1) is 19.7 Å². The van der Waals surface area contributed by atoms with E-state index in [0.29, 0.717) is 0 Å². The number of hydrogen-bond donors (Lipinski definition) is 2. The van der Waals surface area contributed by atoms with Crippen LogP contribution in [0.4, 0.5) is 10.1 Å². The molecule has 9 heteroatoms. The molecular weight excluding hydrogens is 532 g/mol. The van der Waals surface area contributed by atoms with E-state index < -0.39 is 0 Å². The van der Waals surface area contributed by atoms with Gasteiger partial charge >= 0.3 is 0 Å². The zero-order chi connectivity index (χ0) is 23.1. The topological polar surface area (TPSA) is 60.7 Å². The fourth-order valence-corrected chi connectivity index (χ4v) is 4.21. The van der Waals surface area contributed by atoms with Crippen molar-refractivity contribution in [2.75, 3.05) is 50.7 Å². The Hall–Kier alpha value is -1.88. The number of halogens is 2. The van der Waals surface area contributed by atoms with Gasteiger partial charge in [-0.1, -0.05) is 0 Å². The summed E-state index contributed by atoms with van der Waals surface area (Å²) in [7, 11) is 1.99. The van der Waals surface area contributed by atoms with Crippen LogP contribution in [0.3, 0.4) is 0 Å². The van der Waals surface area contributed by atoms with E-state index in [1.807, 2.05) is 23.9 Å². The van der Waals surface area contributed by atoms with Gasteiger partial charge in [-0.25, -0.2) is 4.39 Å². The van der Waals surface area contributed by atoms with Gasteiger partial charge in [-0.2, -0.15) is 5.10 Å². The highest BCUT2D eigenvalue weighted by molar-refractivity contribution is 14.0. The first-order chi connectivity index (χ1) is 15.4. The van der Waals surface area contributed by atoms with Crippen LogP contribution in [0.1, 0.15) is 30.8 Å². The molecule has 1 fully saturated rings. The average Bonchev–Trinajstić information content (AvgIpc) is 3.01. The van der Waals surface area contributed by atoms with Crippen molar-refractivity contribution in [2.24, 2.45) is 12.0 Å². The molecule has 3 rings (SSSR count). The molecule has 2 N–H and O–H groups in total. The van der Waals surface area contributed by atoms with Crippen LogP contribution >= 0.6 is 24.0 Å². The Labute approximate surface area is 214 Å². The van der Waals surface area contributed by atoms with E-state index in [2.05, 4.69) is 53.2 Å². The molecule has 1 aliphatic heterocycles. The lowest BCUT2D eigenvalue weighted by Crippen LogP contribution is -2.47. The maximum absolute atomic E-state index is 13.1. The summed E-state index contributed by atoms with van der Waals surface area (Å²) in [6.07, 6.45) is 0.918. The molecule has 1 aromatic carbocycles. The van der Waals surface area contributed by atoms with Gasteiger partial charge in [0, 0.05) is 63.7 Å². The van der Waals surface area contributed by atoms with E-state index in [4.69, 9.17) is 4.99 Å². The second kappa shape index (κ2) is 13.1. The summed E-state index contributed by atoms with van der Waals surface area (Å²) in [5.74, 6) is 0.680. The Balaban J connectivity index is 0.00000385. The minimum atomic E-state index is -0.185. The van der Waals surface area contributed by atoms with Gasteiger partial charge in [0.15, 0.2) is 5.96 Å². The van der Waals surface area contributed by atoms with Crippen LogP contribution in [-0.2, 0) is 13.5 Å². The molecule has 0 saturated carbocycles. The zero-order valence-electron chi connectivity index (χ0n) is 20.6. The van der Waals surface area contributed by atoms with Gasteiger partial charge in [-0.3, -0.25) is 14.6 Å². The SMILES string of the molecule is CCNC(=NCCN1CCN(c2ccc(F)cc2)CC1)NC(C)Cc1c(C)nn(C)c1C.I. The third kappa shape index (κ3) is 7.84. The van der Waals surface area contributed by atoms with Crippen LogP contribution in [0.25, 0.3) is 0 Å². The number of rotatable bonds is 8. The van der Waals surface area contributed by atoms with Crippen molar-refractivity contribution in [1.29, 1.82) is 0 Å². The molecule has 0 aliphatic carbocycles. The van der Waals surface area contributed by atoms with E-state index in [1.165, 1.54) is 23.4 Å². The van der Waals surface area contributed by atoms with Crippen molar-refractivity contribution < 1.29 is 4.39 Å². The van der Waals surface area contributed by atoms with Crippen LogP contribution in [-0.4, -0.2) is 72.5 Å². The van der Waals surface area contributed by atoms with Gasteiger partial charge in [0.1, 0.15) is 5.82 Å². The average molecular weight is 572 g/mol. The number of hydrogen-bond acceptors (Lipinski definition) is 4. The molecular formula is C24H39FIN7. The molecule has 1 aromatic heterocycles. The van der Waals surface area contributed by atoms with Crippen molar-refractivity contribution in [3.05, 3.63) is 47.0 Å². The van der Waals surface area contributed by atoms with Crippen molar-refractivity contribution in [3.63, 3.8) is 0 Å². The molecule has 1 saturated heterocycles. The van der Waals surface area contributed by atoms with Crippen LogP contribution < -0.4 is 15.5 Å². The Morgan fingerprint density at radius 1 is 1.15 bits per heavy atom. The zero-order valence-corrected chi connectivity index (χ0v) is 22.9. The Morgan fingerprint density at radius 2 is 1.82 bits per heavy atom. The quantitative estimate of drug-likeness (QED) is 0.290. The fraction of sp³-hybridized carbons (Fsp3) is 0.583. The number of piperazine rings is 1. The standard InChI is InChI=1S/C24H38FN7.HI/c1-6-26-24(28-18(2)17-23-19(3)29-30(5)20(23)4)27-11-12-31-13-15-32(16-14-31)22-9-7-21(25)8-10-22;/h7-10,18H,6,11-17H2,1-5H3,(H2,26,27,28);1H. The van der Waals surface area contributed by atoms with Crippen LogP contribution in [0.15, 0.2) is 29.3 Å². The fourth-order valence-electron chi connectivity index (χ4n) is 4.21. The van der Waals surface area contributed by atoms with Gasteiger partial charge in [0.2, 0.25) is 0 Å². The second-order valence-corrected chi connectivity index (χ2v) is 8.59. The predicted octanol–water partition coefficient (Wildman–Crippen LogP) is 3.10. The predicted molar refractivity (Wildman–Crippen MR) is 145 cm³/mol. The van der Waals surface area contributed by atoms with Crippen molar-refractivity contribution in [2.45, 2.75) is 40.2 Å². The van der Waals surface area contributed by atoms with E-state index >= 15 is 0 Å². The summed E-state index contributed by atoms with van der Waals surface area (Å²) in [6, 6.07) is 7.04. The van der Waals surface area contributed by atoms with Gasteiger partial charge in [-0.05, 0) is 63.9 Å². The van der Waals surface area contributed by atoms with Crippen molar-refractivity contribution >= 4 is 35.6 Å². The van der Waals surface area contributed by atoms with E-state index in [9.17, 15) is 4.39 Å². The summed E-state index contributed by atoms with van der Waals surface area (Å²) < 4.78 is 15.1. The summed E-state index contributed by atoms with van der Waals surface area (Å²) in [5.41, 5.74) is 4.72. The number of guanidine groups is 1. The molecule has 33 heavy (non-hydrogen) atoms. The Bertz CT molecular complexity index is 889. The molecule has 0 amide bonds. The number of benzene rings is 1. The monoisotopic (exact) mass is 571 g/mol. The third-order valence-electron chi connectivity index (χ3n) is 6.15. The number of aromatic nitrogens is 2. The van der Waals surface area contributed by atoms with Gasteiger partial charge in [0.25, 0.3) is 0 Å². The number of nitrogens with one attached hydrogen (secondary N) is 2. The number of nitrogens with zero attached hydrogens (tertiary/aromatic N) is 5. The van der Waals surface area contributed by atoms with Crippen molar-refractivity contribution in [1.82, 2.24) is 25.3 Å². The maximum Gasteiger partial charge on any atom is 0.191 e. The van der Waals surface area contributed by atoms with E-state index in [0.717, 1.165) is 69.6 Å². The van der Waals surface area contributed by atoms with Gasteiger partial charge in [0.05, 0.1) is 12.2 Å². The first-order valence-electron chi connectivity index (χ1n) is 11.6. The molecule has 1 atom stereocenters. The molecule has 0 spiro atoms. The lowest BCUT2D eigenvalue weighted by molar-refractivity contribution is 0.265. The molecule has 1 aliphatic rings. The highest BCUT2D eigenvalue weighted by Gasteiger charge is 2.17. The Morgan fingerprint density at radius 3 is 2.39 bits per heavy atom. The van der Waals surface area contributed by atoms with E-state index in [-0.39, 0.29) is 35.8 Å². The minimum absolute atomic E-state index is 0. The molecule has 0 bridgehead atoms. The number of aryl methyl sites for hydroxylation is 2. The molecule has 2 heterocycles. The lowest BCUT2D eigenvalue weighted by atomic mass is 10.1. The lowest BCUT2D eigenvalue weighted by Gasteiger charge is -2.35. The second-order valence-electron chi connectivity index (χ2n) is 8.59. The summed E-state index contributed by atoms with van der Waals surface area (Å²) in [6.45, 7) is 14.9. The molecule has 2 aromatic rings. The maximum atomic E-state index is 13.1. The number of aliphatic imine (C=N–C) groups is 1. The van der Waals surface area contributed by atoms with Crippen LogP contribution in [0.2, 0.25) is 0 Å². The van der Waals surface area contributed by atoms with Crippen molar-refractivity contribution in [3.8, 4) is 0 Å². The highest BCUT2D eigenvalue weighted by atomic mass is 127. The largest absolute Gasteiger partial charge is 0.369 e. The molecule has 7 nitrogen and oxygen atoms in total. The summed E-state index contributed by atoms with van der Waals surface area (Å²) in [4.78, 5) is 9.56. The third-order valence-corrected chi connectivity index (χ3v) is 6.15. The summed E-state index contributed by atoms with van der Waals surface area (Å²) >= 11 is 0. The van der Waals surface area contributed by atoms with Gasteiger partial charge in [-0.15, -0.1) is 24.0 Å². The summed E-state index contributed by atoms with van der Waals surface area (Å²) in [5, 5.41) is 11.4. The van der Waals surface area contributed by atoms with Crippen LogP contribution in [0.5, 0.6) is 0 Å². The van der Waals surface area contributed by atoms with E-state index in [1.54, 1.807) is 0 Å². The molecule has 184 valence electrons. The number of anilines is 1. The molecule has 0 radical (unpaired) electrons. The normalized spacial score (nSPS) is 15.8. The smallest absolute Gasteiger partial charge is 0.191 e. The first kappa shape index (κ1) is 27.4. The first-order valence-corrected chi connectivity index (χ1v) is 11.6. The minimum Gasteiger partial charge on any atom is -0.369 e. The van der Waals surface area contributed by atoms with Gasteiger partial charge < -0.3 is 15.5 Å².